The molecule has 0 bridgehead atoms. The lowest BCUT2D eigenvalue weighted by Gasteiger charge is -2.37. The first kappa shape index (κ1) is 25.3. The Labute approximate surface area is 203 Å². The van der Waals surface area contributed by atoms with Crippen LogP contribution in [0.15, 0.2) is 60.7 Å². The highest BCUT2D eigenvalue weighted by atomic mass is 35.5. The van der Waals surface area contributed by atoms with Gasteiger partial charge in [0.2, 0.25) is 0 Å². The molecule has 1 unspecified atom stereocenters. The molecule has 0 radical (unpaired) electrons. The predicted octanol–water partition coefficient (Wildman–Crippen LogP) is 5.49. The van der Waals surface area contributed by atoms with E-state index in [2.05, 4.69) is 28.4 Å². The van der Waals surface area contributed by atoms with E-state index in [1.54, 1.807) is 23.5 Å². The molecule has 0 spiro atoms. The quantitative estimate of drug-likeness (QED) is 0.448. The average Bonchev–Trinajstić information content (AvgIpc) is 3.23. The van der Waals surface area contributed by atoms with Gasteiger partial charge in [-0.15, -0.1) is 11.3 Å². The highest BCUT2D eigenvalue weighted by Gasteiger charge is 2.29. The van der Waals surface area contributed by atoms with E-state index in [4.69, 9.17) is 16.3 Å². The van der Waals surface area contributed by atoms with Crippen molar-refractivity contribution in [3.8, 4) is 0 Å². The fourth-order valence-electron chi connectivity index (χ4n) is 3.91. The topological polar surface area (TPSA) is 54.5 Å². The summed E-state index contributed by atoms with van der Waals surface area (Å²) < 4.78 is 20.2. The van der Waals surface area contributed by atoms with Crippen LogP contribution in [0.25, 0.3) is 0 Å². The minimum absolute atomic E-state index is 0.0580. The van der Waals surface area contributed by atoms with E-state index in [0.717, 1.165) is 42.1 Å². The zero-order valence-corrected chi connectivity index (χ0v) is 20.3. The third-order valence-electron chi connectivity index (χ3n) is 5.73. The van der Waals surface area contributed by atoms with Crippen molar-refractivity contribution in [2.75, 3.05) is 26.2 Å². The molecule has 1 N–H and O–H groups in total. The number of amides is 1. The number of benzene rings is 1. The lowest BCUT2D eigenvalue weighted by Crippen LogP contribution is -2.44. The van der Waals surface area contributed by atoms with Crippen LogP contribution in [-0.4, -0.2) is 48.1 Å². The first-order valence-electron chi connectivity index (χ1n) is 10.9. The van der Waals surface area contributed by atoms with Gasteiger partial charge in [0.1, 0.15) is 5.82 Å². The van der Waals surface area contributed by atoms with Crippen molar-refractivity contribution in [2.24, 2.45) is 0 Å². The van der Waals surface area contributed by atoms with Crippen LogP contribution in [0.5, 0.6) is 0 Å². The monoisotopic (exact) mass is 489 g/mol. The zero-order chi connectivity index (χ0) is 23.8. The minimum Gasteiger partial charge on any atom is -0.373 e. The summed E-state index contributed by atoms with van der Waals surface area (Å²) in [6, 6.07) is 4.17. The van der Waals surface area contributed by atoms with Crippen molar-refractivity contribution >= 4 is 28.8 Å². The van der Waals surface area contributed by atoms with E-state index in [1.165, 1.54) is 18.2 Å². The SMILES string of the molecule is C=C/C=C(\C=C)COC1CCN(C(CNC(=O)c2c(F)cccc2Cl)c2scnc2C)CC1. The van der Waals surface area contributed by atoms with Gasteiger partial charge in [-0.25, -0.2) is 9.37 Å². The number of hydrogen-bond acceptors (Lipinski definition) is 5. The van der Waals surface area contributed by atoms with Gasteiger partial charge in [0.05, 0.1) is 40.5 Å². The van der Waals surface area contributed by atoms with Crippen molar-refractivity contribution < 1.29 is 13.9 Å². The molecule has 0 saturated carbocycles. The third-order valence-corrected chi connectivity index (χ3v) is 7.08. The standard InChI is InChI=1S/C25H29ClFN3O2S/c1-4-7-18(5-2)15-32-19-10-12-30(13-11-19)22(24-17(3)29-16-33-24)14-28-25(31)23-20(26)8-6-9-21(23)27/h4-9,16,19,22H,1-2,10-15H2,3H3,(H,28,31)/b18-7+. The Morgan fingerprint density at radius 3 is 2.79 bits per heavy atom. The number of nitrogens with one attached hydrogen (secondary N) is 1. The maximum absolute atomic E-state index is 14.2. The number of aryl methyl sites for hydroxylation is 1. The van der Waals surface area contributed by atoms with E-state index in [1.807, 2.05) is 18.5 Å². The zero-order valence-electron chi connectivity index (χ0n) is 18.7. The molecule has 176 valence electrons. The van der Waals surface area contributed by atoms with Crippen LogP contribution in [0, 0.1) is 12.7 Å². The van der Waals surface area contributed by atoms with Crippen LogP contribution in [0.4, 0.5) is 4.39 Å². The Hall–Kier alpha value is -2.32. The van der Waals surface area contributed by atoms with Crippen LogP contribution >= 0.6 is 22.9 Å². The summed E-state index contributed by atoms with van der Waals surface area (Å²) in [4.78, 5) is 20.5. The fourth-order valence-corrected chi connectivity index (χ4v) is 5.09. The average molecular weight is 490 g/mol. The minimum atomic E-state index is -0.632. The number of nitrogens with zero attached hydrogens (tertiary/aromatic N) is 2. The summed E-state index contributed by atoms with van der Waals surface area (Å²) in [7, 11) is 0. The number of hydrogen-bond donors (Lipinski definition) is 1. The third kappa shape index (κ3) is 6.60. The highest BCUT2D eigenvalue weighted by Crippen LogP contribution is 2.30. The van der Waals surface area contributed by atoms with Gasteiger partial charge in [0.15, 0.2) is 0 Å². The number of halogens is 2. The molecule has 33 heavy (non-hydrogen) atoms. The van der Waals surface area contributed by atoms with Gasteiger partial charge in [0, 0.05) is 24.5 Å². The molecular formula is C25H29ClFN3O2S. The summed E-state index contributed by atoms with van der Waals surface area (Å²) in [6.07, 6.45) is 7.32. The lowest BCUT2D eigenvalue weighted by atomic mass is 10.0. The summed E-state index contributed by atoms with van der Waals surface area (Å²) in [5.74, 6) is -1.15. The molecule has 1 aliphatic heterocycles. The van der Waals surface area contributed by atoms with Gasteiger partial charge in [-0.1, -0.05) is 49.1 Å². The summed E-state index contributed by atoms with van der Waals surface area (Å²) in [6.45, 7) is 12.0. The van der Waals surface area contributed by atoms with E-state index in [0.29, 0.717) is 13.2 Å². The van der Waals surface area contributed by atoms with Gasteiger partial charge in [-0.05, 0) is 37.5 Å². The second-order valence-electron chi connectivity index (χ2n) is 7.85. The summed E-state index contributed by atoms with van der Waals surface area (Å²) in [5.41, 5.74) is 3.62. The van der Waals surface area contributed by atoms with Crippen LogP contribution in [0.2, 0.25) is 5.02 Å². The van der Waals surface area contributed by atoms with E-state index in [9.17, 15) is 9.18 Å². The molecule has 1 aliphatic rings. The van der Waals surface area contributed by atoms with Gasteiger partial charge in [0.25, 0.3) is 5.91 Å². The van der Waals surface area contributed by atoms with Crippen LogP contribution in [-0.2, 0) is 4.74 Å². The first-order chi connectivity index (χ1) is 15.9. The van der Waals surface area contributed by atoms with E-state index < -0.39 is 11.7 Å². The lowest BCUT2D eigenvalue weighted by molar-refractivity contribution is 0.00889. The number of likely N-dealkylation sites (tertiary alicyclic amines) is 1. The Balaban J connectivity index is 1.65. The second kappa shape index (κ2) is 12.2. The molecule has 8 heteroatoms. The molecule has 3 rings (SSSR count). The number of carbonyl (C=O) groups is 1. The highest BCUT2D eigenvalue weighted by molar-refractivity contribution is 7.09. The molecule has 2 aromatic rings. The van der Waals surface area contributed by atoms with E-state index >= 15 is 0 Å². The molecular weight excluding hydrogens is 461 g/mol. The molecule has 0 aliphatic carbocycles. The van der Waals surface area contributed by atoms with Crippen molar-refractivity contribution in [2.45, 2.75) is 31.9 Å². The van der Waals surface area contributed by atoms with Crippen LogP contribution < -0.4 is 5.32 Å². The Bertz CT molecular complexity index is 995. The molecule has 1 atom stereocenters. The van der Waals surface area contributed by atoms with E-state index in [-0.39, 0.29) is 22.7 Å². The molecule has 1 saturated heterocycles. The van der Waals surface area contributed by atoms with Crippen molar-refractivity contribution in [3.05, 3.63) is 87.6 Å². The molecule has 1 aromatic heterocycles. The molecule has 5 nitrogen and oxygen atoms in total. The van der Waals surface area contributed by atoms with Gasteiger partial charge < -0.3 is 10.1 Å². The number of allylic oxidation sites excluding steroid dienone is 2. The van der Waals surface area contributed by atoms with Crippen molar-refractivity contribution in [1.29, 1.82) is 0 Å². The van der Waals surface area contributed by atoms with Crippen molar-refractivity contribution in [1.82, 2.24) is 15.2 Å². The van der Waals surface area contributed by atoms with Crippen molar-refractivity contribution in [3.63, 3.8) is 0 Å². The largest absolute Gasteiger partial charge is 0.373 e. The van der Waals surface area contributed by atoms with Crippen LogP contribution in [0.1, 0.15) is 39.8 Å². The maximum atomic E-state index is 14.2. The second-order valence-corrected chi connectivity index (χ2v) is 9.15. The predicted molar refractivity (Wildman–Crippen MR) is 132 cm³/mol. The molecule has 1 fully saturated rings. The number of thiazole rings is 1. The van der Waals surface area contributed by atoms with Gasteiger partial charge >= 0.3 is 0 Å². The Morgan fingerprint density at radius 1 is 1.42 bits per heavy atom. The molecule has 1 amide bonds. The first-order valence-corrected chi connectivity index (χ1v) is 12.1. The summed E-state index contributed by atoms with van der Waals surface area (Å²) >= 11 is 7.63. The normalized spacial score (nSPS) is 16.4. The number of aromatic nitrogens is 1. The smallest absolute Gasteiger partial charge is 0.255 e. The van der Waals surface area contributed by atoms with Crippen LogP contribution in [0.3, 0.4) is 0 Å². The molecule has 2 heterocycles. The fraction of sp³-hybridized carbons (Fsp3) is 0.360. The maximum Gasteiger partial charge on any atom is 0.255 e. The number of carbonyl (C=O) groups excluding carboxylic acids is 1. The molecule has 1 aromatic carbocycles. The number of ether oxygens (including phenoxy) is 1. The Morgan fingerprint density at radius 2 is 2.18 bits per heavy atom. The van der Waals surface area contributed by atoms with Gasteiger partial charge in [-0.2, -0.15) is 0 Å². The Kier molecular flexibility index (Phi) is 9.38. The number of piperidine rings is 1. The number of rotatable bonds is 10. The summed E-state index contributed by atoms with van der Waals surface area (Å²) in [5, 5.41) is 2.98. The van der Waals surface area contributed by atoms with Gasteiger partial charge in [-0.3, -0.25) is 9.69 Å².